The Morgan fingerprint density at radius 3 is 2.57 bits per heavy atom. The van der Waals surface area contributed by atoms with Gasteiger partial charge in [-0.05, 0) is 51.0 Å². The maximum absolute atomic E-state index is 5.68. The number of guanidine groups is 1. The molecule has 0 unspecified atom stereocenters. The van der Waals surface area contributed by atoms with Gasteiger partial charge < -0.3 is 20.1 Å². The van der Waals surface area contributed by atoms with Crippen LogP contribution in [0.5, 0.6) is 5.75 Å². The SMILES string of the molecule is CCNC(=NCCCCOCC)NCCOc1ccc(Br)cc1. The van der Waals surface area contributed by atoms with Gasteiger partial charge in [-0.15, -0.1) is 0 Å². The number of nitrogens with one attached hydrogen (secondary N) is 2. The van der Waals surface area contributed by atoms with Gasteiger partial charge in [0.1, 0.15) is 12.4 Å². The summed E-state index contributed by atoms with van der Waals surface area (Å²) in [6, 6.07) is 7.83. The van der Waals surface area contributed by atoms with Crippen molar-refractivity contribution in [3.05, 3.63) is 28.7 Å². The van der Waals surface area contributed by atoms with Crippen LogP contribution in [0.1, 0.15) is 26.7 Å². The van der Waals surface area contributed by atoms with Crippen LogP contribution < -0.4 is 15.4 Å². The van der Waals surface area contributed by atoms with Gasteiger partial charge in [0.15, 0.2) is 5.96 Å². The second-order valence-electron chi connectivity index (χ2n) is 4.89. The summed E-state index contributed by atoms with van der Waals surface area (Å²) < 4.78 is 12.0. The third kappa shape index (κ3) is 10.2. The van der Waals surface area contributed by atoms with Crippen LogP contribution in [0.2, 0.25) is 0 Å². The molecular formula is C17H28BrN3O2. The van der Waals surface area contributed by atoms with Gasteiger partial charge in [0, 0.05) is 30.8 Å². The Kier molecular flexibility index (Phi) is 11.3. The first-order chi connectivity index (χ1) is 11.3. The number of rotatable bonds is 11. The predicted molar refractivity (Wildman–Crippen MR) is 99.3 cm³/mol. The highest BCUT2D eigenvalue weighted by molar-refractivity contribution is 9.10. The molecular weight excluding hydrogens is 358 g/mol. The molecule has 0 fully saturated rings. The second-order valence-corrected chi connectivity index (χ2v) is 5.81. The molecule has 1 aromatic rings. The van der Waals surface area contributed by atoms with Gasteiger partial charge in [-0.1, -0.05) is 15.9 Å². The molecule has 0 aliphatic rings. The first-order valence-corrected chi connectivity index (χ1v) is 9.03. The molecule has 1 rings (SSSR count). The minimum atomic E-state index is 0.594. The maximum Gasteiger partial charge on any atom is 0.191 e. The summed E-state index contributed by atoms with van der Waals surface area (Å²) in [5, 5.41) is 6.51. The number of aliphatic imine (C=N–C) groups is 1. The van der Waals surface area contributed by atoms with Crippen molar-refractivity contribution in [3.63, 3.8) is 0 Å². The molecule has 0 bridgehead atoms. The molecule has 0 heterocycles. The Balaban J connectivity index is 2.19. The van der Waals surface area contributed by atoms with E-state index in [0.29, 0.717) is 13.2 Å². The van der Waals surface area contributed by atoms with Crippen molar-refractivity contribution < 1.29 is 9.47 Å². The minimum Gasteiger partial charge on any atom is -0.492 e. The molecule has 0 aromatic heterocycles. The van der Waals surface area contributed by atoms with Crippen LogP contribution in [0.4, 0.5) is 0 Å². The fourth-order valence-corrected chi connectivity index (χ4v) is 2.13. The van der Waals surface area contributed by atoms with E-state index in [2.05, 4.69) is 38.5 Å². The van der Waals surface area contributed by atoms with Crippen LogP contribution in [0.3, 0.4) is 0 Å². The number of halogens is 1. The fraction of sp³-hybridized carbons (Fsp3) is 0.588. The van der Waals surface area contributed by atoms with E-state index in [1.165, 1.54) is 0 Å². The average molecular weight is 386 g/mol. The number of ether oxygens (including phenoxy) is 2. The topological polar surface area (TPSA) is 54.9 Å². The molecule has 2 N–H and O–H groups in total. The van der Waals surface area contributed by atoms with Crippen LogP contribution in [-0.2, 0) is 4.74 Å². The third-order valence-corrected chi connectivity index (χ3v) is 3.52. The molecule has 0 aliphatic carbocycles. The lowest BCUT2D eigenvalue weighted by Crippen LogP contribution is -2.39. The van der Waals surface area contributed by atoms with Gasteiger partial charge in [0.25, 0.3) is 0 Å². The summed E-state index contributed by atoms with van der Waals surface area (Å²) in [4.78, 5) is 4.54. The molecule has 0 saturated carbocycles. The summed E-state index contributed by atoms with van der Waals surface area (Å²) in [6.45, 7) is 8.63. The molecule has 5 nitrogen and oxygen atoms in total. The van der Waals surface area contributed by atoms with E-state index < -0.39 is 0 Å². The zero-order valence-corrected chi connectivity index (χ0v) is 15.7. The van der Waals surface area contributed by atoms with Crippen molar-refractivity contribution in [2.45, 2.75) is 26.7 Å². The third-order valence-electron chi connectivity index (χ3n) is 2.99. The number of nitrogens with zero attached hydrogens (tertiary/aromatic N) is 1. The molecule has 0 amide bonds. The normalized spacial score (nSPS) is 11.3. The molecule has 0 atom stereocenters. The molecule has 0 saturated heterocycles. The van der Waals surface area contributed by atoms with Gasteiger partial charge >= 0.3 is 0 Å². The van der Waals surface area contributed by atoms with Crippen molar-refractivity contribution in [1.29, 1.82) is 0 Å². The van der Waals surface area contributed by atoms with E-state index >= 15 is 0 Å². The summed E-state index contributed by atoms with van der Waals surface area (Å²) in [5.41, 5.74) is 0. The summed E-state index contributed by atoms with van der Waals surface area (Å²) in [5.74, 6) is 1.70. The molecule has 0 aliphatic heterocycles. The molecule has 1 aromatic carbocycles. The lowest BCUT2D eigenvalue weighted by Gasteiger charge is -2.12. The highest BCUT2D eigenvalue weighted by atomic mass is 79.9. The summed E-state index contributed by atoms with van der Waals surface area (Å²) in [6.07, 6.45) is 2.08. The average Bonchev–Trinajstić information content (AvgIpc) is 2.56. The number of benzene rings is 1. The number of unbranched alkanes of at least 4 members (excludes halogenated alkanes) is 1. The zero-order chi connectivity index (χ0) is 16.8. The van der Waals surface area contributed by atoms with E-state index in [9.17, 15) is 0 Å². The Bertz CT molecular complexity index is 438. The van der Waals surface area contributed by atoms with E-state index in [0.717, 1.165) is 55.3 Å². The van der Waals surface area contributed by atoms with Gasteiger partial charge in [-0.2, -0.15) is 0 Å². The molecule has 23 heavy (non-hydrogen) atoms. The van der Waals surface area contributed by atoms with Gasteiger partial charge in [0.2, 0.25) is 0 Å². The van der Waals surface area contributed by atoms with Crippen LogP contribution in [0, 0.1) is 0 Å². The lowest BCUT2D eigenvalue weighted by molar-refractivity contribution is 0.144. The minimum absolute atomic E-state index is 0.594. The van der Waals surface area contributed by atoms with E-state index in [1.54, 1.807) is 0 Å². The van der Waals surface area contributed by atoms with Gasteiger partial charge in [-0.25, -0.2) is 0 Å². The summed E-state index contributed by atoms with van der Waals surface area (Å²) in [7, 11) is 0. The van der Waals surface area contributed by atoms with Crippen molar-refractivity contribution in [2.24, 2.45) is 4.99 Å². The number of hydrogen-bond donors (Lipinski definition) is 2. The van der Waals surface area contributed by atoms with Gasteiger partial charge in [0.05, 0.1) is 6.54 Å². The van der Waals surface area contributed by atoms with Crippen LogP contribution in [-0.4, -0.2) is 45.4 Å². The fourth-order valence-electron chi connectivity index (χ4n) is 1.86. The Labute approximate surface area is 148 Å². The molecule has 6 heteroatoms. The van der Waals surface area contributed by atoms with E-state index in [1.807, 2.05) is 31.2 Å². The largest absolute Gasteiger partial charge is 0.492 e. The van der Waals surface area contributed by atoms with Gasteiger partial charge in [-0.3, -0.25) is 4.99 Å². The van der Waals surface area contributed by atoms with Crippen LogP contribution in [0.15, 0.2) is 33.7 Å². The predicted octanol–water partition coefficient (Wildman–Crippen LogP) is 3.20. The monoisotopic (exact) mass is 385 g/mol. The van der Waals surface area contributed by atoms with E-state index in [4.69, 9.17) is 9.47 Å². The summed E-state index contributed by atoms with van der Waals surface area (Å²) >= 11 is 3.41. The van der Waals surface area contributed by atoms with Crippen molar-refractivity contribution in [1.82, 2.24) is 10.6 Å². The first kappa shape index (κ1) is 19.8. The quantitative estimate of drug-likeness (QED) is 0.348. The number of hydrogen-bond acceptors (Lipinski definition) is 3. The Hall–Kier alpha value is -1.27. The zero-order valence-electron chi connectivity index (χ0n) is 14.1. The van der Waals surface area contributed by atoms with E-state index in [-0.39, 0.29) is 0 Å². The highest BCUT2D eigenvalue weighted by Crippen LogP contribution is 2.15. The molecule has 0 spiro atoms. The van der Waals surface area contributed by atoms with Crippen LogP contribution >= 0.6 is 15.9 Å². The second kappa shape index (κ2) is 13.2. The highest BCUT2D eigenvalue weighted by Gasteiger charge is 1.98. The Morgan fingerprint density at radius 1 is 1.09 bits per heavy atom. The standard InChI is InChI=1S/C17H28BrN3O2/c1-3-19-17(20-11-5-6-13-22-4-2)21-12-14-23-16-9-7-15(18)8-10-16/h7-10H,3-6,11-14H2,1-2H3,(H2,19,20,21). The Morgan fingerprint density at radius 2 is 1.87 bits per heavy atom. The molecule has 0 radical (unpaired) electrons. The first-order valence-electron chi connectivity index (χ1n) is 8.24. The van der Waals surface area contributed by atoms with Crippen molar-refractivity contribution >= 4 is 21.9 Å². The smallest absolute Gasteiger partial charge is 0.191 e. The van der Waals surface area contributed by atoms with Crippen LogP contribution in [0.25, 0.3) is 0 Å². The maximum atomic E-state index is 5.68. The van der Waals surface area contributed by atoms with Crippen molar-refractivity contribution in [2.75, 3.05) is 39.5 Å². The molecule has 130 valence electrons. The lowest BCUT2D eigenvalue weighted by atomic mass is 10.3. The van der Waals surface area contributed by atoms with Crippen molar-refractivity contribution in [3.8, 4) is 5.75 Å².